The van der Waals surface area contributed by atoms with Crippen LogP contribution < -0.4 is 0 Å². The average Bonchev–Trinajstić information content (AvgIpc) is 3.71. The third-order valence-electron chi connectivity index (χ3n) is 9.30. The van der Waals surface area contributed by atoms with Gasteiger partial charge in [0.05, 0.1) is 28.9 Å². The van der Waals surface area contributed by atoms with Crippen LogP contribution in [0.2, 0.25) is 0 Å². The number of nitrogens with zero attached hydrogens (tertiary/aromatic N) is 2. The van der Waals surface area contributed by atoms with E-state index in [9.17, 15) is 5.48 Å². The summed E-state index contributed by atoms with van der Waals surface area (Å²) in [5.41, 5.74) is 4.26. The largest absolute Gasteiger partial charge is 0.292 e. The van der Waals surface area contributed by atoms with Crippen LogP contribution >= 0.6 is 0 Å². The maximum absolute atomic E-state index is 9.38. The molecule has 0 radical (unpaired) electrons. The minimum atomic E-state index is -0.564. The third-order valence-corrected chi connectivity index (χ3v) is 9.30. The molecule has 0 saturated heterocycles. The molecule has 51 heavy (non-hydrogen) atoms. The molecule has 0 saturated carbocycles. The highest BCUT2D eigenvalue weighted by Gasteiger charge is 2.19. The quantitative estimate of drug-likeness (QED) is 0.168. The van der Waals surface area contributed by atoms with Gasteiger partial charge in [-0.1, -0.05) is 163 Å². The molecule has 9 aromatic carbocycles. The van der Waals surface area contributed by atoms with Gasteiger partial charge in [-0.05, 0) is 96.0 Å². The summed E-state index contributed by atoms with van der Waals surface area (Å²) >= 11 is 0. The Labute approximate surface area is 314 Å². The predicted molar refractivity (Wildman–Crippen MR) is 215 cm³/mol. The van der Waals surface area contributed by atoms with Gasteiger partial charge in [0.2, 0.25) is 0 Å². The van der Waals surface area contributed by atoms with Crippen LogP contribution in [-0.4, -0.2) is 9.55 Å². The van der Waals surface area contributed by atoms with E-state index < -0.39 is 78.6 Å². The Morgan fingerprint density at radius 3 is 1.73 bits per heavy atom. The summed E-state index contributed by atoms with van der Waals surface area (Å²) in [5.74, 6) is 0.635. The van der Waals surface area contributed by atoms with Crippen molar-refractivity contribution >= 4 is 43.4 Å². The van der Waals surface area contributed by atoms with E-state index in [0.717, 1.165) is 27.5 Å². The molecule has 0 spiro atoms. The van der Waals surface area contributed by atoms with Crippen molar-refractivity contribution in [1.29, 1.82) is 0 Å². The van der Waals surface area contributed by atoms with Gasteiger partial charge >= 0.3 is 0 Å². The fourth-order valence-electron chi connectivity index (χ4n) is 7.01. The summed E-state index contributed by atoms with van der Waals surface area (Å²) in [6, 6.07) is 29.0. The molecule has 0 N–H and O–H groups in total. The maximum atomic E-state index is 9.38. The molecule has 0 aliphatic rings. The van der Waals surface area contributed by atoms with Crippen molar-refractivity contribution in [2.75, 3.05) is 0 Å². The second kappa shape index (κ2) is 12.0. The number of rotatable bonds is 5. The van der Waals surface area contributed by atoms with Crippen LogP contribution in [0.1, 0.15) is 17.8 Å². The molecule has 0 aliphatic heterocycles. The lowest BCUT2D eigenvalue weighted by Gasteiger charge is -2.18. The van der Waals surface area contributed by atoms with Crippen LogP contribution in [0.5, 0.6) is 0 Å². The van der Waals surface area contributed by atoms with Gasteiger partial charge in [-0.3, -0.25) is 4.57 Å². The Hall–Kier alpha value is -6.77. The average molecular weight is 662 g/mol. The number of fused-ring (bicyclic) bond motifs is 4. The minimum absolute atomic E-state index is 0.0149. The van der Waals surface area contributed by atoms with E-state index in [1.165, 1.54) is 6.07 Å². The summed E-state index contributed by atoms with van der Waals surface area (Å²) in [5, 5.41) is 2.14. The van der Waals surface area contributed by atoms with E-state index in [1.54, 1.807) is 30.3 Å². The highest BCUT2D eigenvalue weighted by molar-refractivity contribution is 6.21. The van der Waals surface area contributed by atoms with Gasteiger partial charge in [0, 0.05) is 11.3 Å². The lowest BCUT2D eigenvalue weighted by Crippen LogP contribution is -1.98. The molecule has 1 aromatic heterocycles. The van der Waals surface area contributed by atoms with Crippen molar-refractivity contribution in [1.82, 2.24) is 9.55 Å². The fourth-order valence-corrected chi connectivity index (χ4v) is 7.01. The molecule has 238 valence electrons. The van der Waals surface area contributed by atoms with E-state index in [4.69, 9.17) is 17.3 Å². The lowest BCUT2D eigenvalue weighted by atomic mass is 9.85. The second-order valence-corrected chi connectivity index (χ2v) is 12.2. The van der Waals surface area contributed by atoms with Gasteiger partial charge in [0.25, 0.3) is 0 Å². The molecular weight excluding hydrogens is 617 g/mol. The van der Waals surface area contributed by atoms with Crippen LogP contribution in [0.15, 0.2) is 194 Å². The molecule has 0 fully saturated rings. The van der Waals surface area contributed by atoms with E-state index in [-0.39, 0.29) is 49.4 Å². The third kappa shape index (κ3) is 4.92. The number of benzene rings is 9. The van der Waals surface area contributed by atoms with Gasteiger partial charge in [0.15, 0.2) is 0 Å². The first kappa shape index (κ1) is 18.8. The number of para-hydroxylation sites is 2. The zero-order valence-corrected chi connectivity index (χ0v) is 26.9. The normalized spacial score (nSPS) is 15.1. The molecule has 2 heteroatoms. The first-order valence-electron chi connectivity index (χ1n) is 22.9. The van der Waals surface area contributed by atoms with Crippen molar-refractivity contribution in [3.05, 3.63) is 194 Å². The van der Waals surface area contributed by atoms with Crippen molar-refractivity contribution in [3.8, 4) is 50.5 Å². The molecule has 0 aliphatic carbocycles. The Morgan fingerprint density at radius 2 is 1.00 bits per heavy atom. The Balaban J connectivity index is 1.27. The van der Waals surface area contributed by atoms with Gasteiger partial charge < -0.3 is 0 Å². The van der Waals surface area contributed by atoms with Crippen LogP contribution in [0.25, 0.3) is 93.8 Å². The number of hydrogen-bond donors (Lipinski definition) is 0. The first-order chi connectivity index (χ1) is 30.7. The Bertz CT molecular complexity index is 3550. The Morgan fingerprint density at radius 1 is 0.412 bits per heavy atom. The summed E-state index contributed by atoms with van der Waals surface area (Å²) in [4.78, 5) is 5.04. The molecule has 0 bridgehead atoms. The lowest BCUT2D eigenvalue weighted by molar-refractivity contribution is 1.11. The first-order valence-corrected chi connectivity index (χ1v) is 16.4. The van der Waals surface area contributed by atoms with Crippen molar-refractivity contribution in [3.63, 3.8) is 0 Å². The predicted octanol–water partition coefficient (Wildman–Crippen LogP) is 13.2. The summed E-state index contributed by atoms with van der Waals surface area (Å²) in [6.45, 7) is 0. The van der Waals surface area contributed by atoms with Crippen molar-refractivity contribution in [2.45, 2.75) is 0 Å². The fraction of sp³-hybridized carbons (Fsp3) is 0. The molecule has 0 amide bonds. The summed E-state index contributed by atoms with van der Waals surface area (Å²) in [7, 11) is 0. The topological polar surface area (TPSA) is 17.8 Å². The van der Waals surface area contributed by atoms with Crippen LogP contribution in [0.4, 0.5) is 0 Å². The zero-order chi connectivity index (χ0) is 45.0. The van der Waals surface area contributed by atoms with E-state index in [1.807, 2.05) is 66.7 Å². The second-order valence-electron chi connectivity index (χ2n) is 12.2. The summed E-state index contributed by atoms with van der Waals surface area (Å²) in [6.07, 6.45) is 0. The van der Waals surface area contributed by atoms with E-state index in [2.05, 4.69) is 16.7 Å². The van der Waals surface area contributed by atoms with E-state index >= 15 is 0 Å². The van der Waals surface area contributed by atoms with Gasteiger partial charge in [-0.2, -0.15) is 0 Å². The molecule has 0 atom stereocenters. The molecular formula is C49H32N2. The zero-order valence-electron chi connectivity index (χ0n) is 39.9. The van der Waals surface area contributed by atoms with E-state index in [0.29, 0.717) is 17.0 Å². The van der Waals surface area contributed by atoms with Crippen molar-refractivity contribution in [2.24, 2.45) is 0 Å². The van der Waals surface area contributed by atoms with Crippen molar-refractivity contribution < 1.29 is 17.8 Å². The van der Waals surface area contributed by atoms with Crippen LogP contribution in [0, 0.1) is 0 Å². The highest BCUT2D eigenvalue weighted by atomic mass is 15.1. The SMILES string of the molecule is [2H]c1c([2H])c([2H])c(-c2cccc(-c3c4c([2H])c([2H])c([2H])c([2H])c4c(-c4ccc(-c5nc6ccccc6n5-c5ccc6ccccc6c5)cc4)c4c([2H])c([2H])c([2H])c([2H])c34)c2)c([2H])c1[2H]. The molecule has 10 rings (SSSR count). The number of aromatic nitrogens is 2. The number of hydrogen-bond acceptors (Lipinski definition) is 1. The van der Waals surface area contributed by atoms with Gasteiger partial charge in [-0.25, -0.2) is 4.98 Å². The molecule has 1 heterocycles. The molecule has 2 nitrogen and oxygen atoms in total. The Kier molecular flexibility index (Phi) is 4.43. The van der Waals surface area contributed by atoms with Crippen LogP contribution in [0.3, 0.4) is 0 Å². The smallest absolute Gasteiger partial charge is 0.145 e. The molecule has 10 aromatic rings. The minimum Gasteiger partial charge on any atom is -0.292 e. The monoisotopic (exact) mass is 661 g/mol. The highest BCUT2D eigenvalue weighted by Crippen LogP contribution is 2.44. The van der Waals surface area contributed by atoms with Gasteiger partial charge in [-0.15, -0.1) is 0 Å². The number of imidazole rings is 1. The maximum Gasteiger partial charge on any atom is 0.145 e. The summed E-state index contributed by atoms with van der Waals surface area (Å²) < 4.78 is 117. The van der Waals surface area contributed by atoms with Gasteiger partial charge in [0.1, 0.15) is 5.82 Å². The molecule has 0 unspecified atom stereocenters. The standard InChI is InChI=1S/C49H32N2/c1-2-13-33(14-3-1)37-17-12-18-39(31-37)48-43-21-8-6-19-41(43)47(42-20-7-9-22-44(42)48)35-25-27-36(28-26-35)49-50-45-23-10-11-24-46(45)51(49)40-30-29-34-15-4-5-16-38(34)32-40/h1-32H/i1D,2D,3D,6D,7D,8D,9D,13D,14D,19D,20D,21D,22D. The van der Waals surface area contributed by atoms with Crippen LogP contribution in [-0.2, 0) is 0 Å².